The molecule has 0 saturated carbocycles. The number of aromatic nitrogens is 1. The molecule has 0 atom stereocenters. The third-order valence-electron chi connectivity index (χ3n) is 4.75. The monoisotopic (exact) mass is 436 g/mol. The van der Waals surface area contributed by atoms with Crippen molar-refractivity contribution in [1.82, 2.24) is 4.57 Å². The predicted octanol–water partition coefficient (Wildman–Crippen LogP) is 5.80. The molecule has 3 aromatic carbocycles. The van der Waals surface area contributed by atoms with Gasteiger partial charge in [0.2, 0.25) is 0 Å². The van der Waals surface area contributed by atoms with Gasteiger partial charge in [-0.25, -0.2) is 0 Å². The third kappa shape index (κ3) is 4.38. The van der Waals surface area contributed by atoms with Crippen LogP contribution in [0.3, 0.4) is 0 Å². The van der Waals surface area contributed by atoms with E-state index in [1.165, 1.54) is 11.3 Å². The molecule has 0 radical (unpaired) electrons. The summed E-state index contributed by atoms with van der Waals surface area (Å²) in [5, 5.41) is 0.640. The van der Waals surface area contributed by atoms with Gasteiger partial charge in [0.05, 0.1) is 21.8 Å². The van der Waals surface area contributed by atoms with Crippen molar-refractivity contribution in [3.05, 3.63) is 88.2 Å². The molecule has 0 saturated heterocycles. The summed E-state index contributed by atoms with van der Waals surface area (Å²) in [4.78, 5) is 17.9. The molecule has 0 fully saturated rings. The molecule has 4 nitrogen and oxygen atoms in total. The van der Waals surface area contributed by atoms with Crippen LogP contribution in [0.4, 0.5) is 0 Å². The first-order chi connectivity index (χ1) is 14.7. The van der Waals surface area contributed by atoms with Gasteiger partial charge in [-0.3, -0.25) is 4.79 Å². The van der Waals surface area contributed by atoms with Gasteiger partial charge in [0.15, 0.2) is 4.80 Å². The molecule has 30 heavy (non-hydrogen) atoms. The Hall–Kier alpha value is -2.73. The van der Waals surface area contributed by atoms with Gasteiger partial charge in [0, 0.05) is 18.7 Å². The van der Waals surface area contributed by atoms with Crippen molar-refractivity contribution in [3.63, 3.8) is 0 Å². The van der Waals surface area contributed by atoms with Crippen molar-refractivity contribution >= 4 is 39.1 Å². The van der Waals surface area contributed by atoms with Gasteiger partial charge in [0.25, 0.3) is 5.91 Å². The summed E-state index contributed by atoms with van der Waals surface area (Å²) < 4.78 is 8.47. The first kappa shape index (κ1) is 20.5. The van der Waals surface area contributed by atoms with E-state index in [2.05, 4.69) is 4.99 Å². The molecule has 0 spiro atoms. The van der Waals surface area contributed by atoms with Crippen LogP contribution in [-0.4, -0.2) is 23.7 Å². The molecule has 0 aliphatic heterocycles. The maximum absolute atomic E-state index is 12.9. The molecule has 1 amide bonds. The zero-order chi connectivity index (χ0) is 20.9. The Kier molecular flexibility index (Phi) is 6.43. The molecule has 4 rings (SSSR count). The van der Waals surface area contributed by atoms with Crippen molar-refractivity contribution in [1.29, 1.82) is 0 Å². The van der Waals surface area contributed by atoms with Gasteiger partial charge < -0.3 is 9.30 Å². The molecular weight excluding hydrogens is 416 g/mol. The highest BCUT2D eigenvalue weighted by molar-refractivity contribution is 7.16. The standard InChI is InChI=1S/C24H21ClN2O2S/c1-2-29-16-15-27-22-20(25)9-6-10-21(22)30-24(27)26-23(28)19-13-11-18(12-14-19)17-7-4-3-5-8-17/h3-14H,2,15-16H2,1H3. The topological polar surface area (TPSA) is 43.6 Å². The molecule has 152 valence electrons. The second-order valence-corrected chi connectivity index (χ2v) is 8.10. The fraction of sp³-hybridized carbons (Fsp3) is 0.167. The van der Waals surface area contributed by atoms with E-state index in [0.29, 0.717) is 35.1 Å². The smallest absolute Gasteiger partial charge is 0.279 e. The van der Waals surface area contributed by atoms with Crippen LogP contribution in [0.5, 0.6) is 0 Å². The largest absolute Gasteiger partial charge is 0.380 e. The van der Waals surface area contributed by atoms with Crippen LogP contribution in [-0.2, 0) is 11.3 Å². The van der Waals surface area contributed by atoms with E-state index >= 15 is 0 Å². The number of halogens is 1. The lowest BCUT2D eigenvalue weighted by atomic mass is 10.0. The first-order valence-corrected chi connectivity index (χ1v) is 11.0. The first-order valence-electron chi connectivity index (χ1n) is 9.77. The number of carbonyl (C=O) groups excluding carboxylic acids is 1. The number of amides is 1. The highest BCUT2D eigenvalue weighted by Gasteiger charge is 2.12. The Labute approximate surface area is 184 Å². The molecule has 4 aromatic rings. The van der Waals surface area contributed by atoms with Gasteiger partial charge in [0.1, 0.15) is 0 Å². The fourth-order valence-corrected chi connectivity index (χ4v) is 4.68. The molecule has 0 aliphatic rings. The van der Waals surface area contributed by atoms with Crippen molar-refractivity contribution < 1.29 is 9.53 Å². The van der Waals surface area contributed by atoms with Crippen molar-refractivity contribution in [3.8, 4) is 11.1 Å². The van der Waals surface area contributed by atoms with Crippen LogP contribution in [0.1, 0.15) is 17.3 Å². The van der Waals surface area contributed by atoms with E-state index in [9.17, 15) is 4.79 Å². The Bertz CT molecular complexity index is 1230. The molecule has 1 heterocycles. The van der Waals surface area contributed by atoms with E-state index < -0.39 is 0 Å². The van der Waals surface area contributed by atoms with Crippen LogP contribution in [0.25, 0.3) is 21.3 Å². The number of rotatable bonds is 6. The van der Waals surface area contributed by atoms with Crippen LogP contribution < -0.4 is 4.80 Å². The lowest BCUT2D eigenvalue weighted by Gasteiger charge is -2.06. The summed E-state index contributed by atoms with van der Waals surface area (Å²) >= 11 is 7.89. The Balaban J connectivity index is 1.69. The zero-order valence-electron chi connectivity index (χ0n) is 16.5. The molecule has 0 unspecified atom stereocenters. The summed E-state index contributed by atoms with van der Waals surface area (Å²) in [5.74, 6) is -0.276. The Morgan fingerprint density at radius 3 is 2.47 bits per heavy atom. The number of hydrogen-bond acceptors (Lipinski definition) is 3. The summed E-state index contributed by atoms with van der Waals surface area (Å²) in [5.41, 5.74) is 3.61. The number of hydrogen-bond donors (Lipinski definition) is 0. The lowest BCUT2D eigenvalue weighted by molar-refractivity contribution is 0.0996. The maximum atomic E-state index is 12.9. The van der Waals surface area contributed by atoms with Crippen molar-refractivity contribution in [2.45, 2.75) is 13.5 Å². The number of carbonyl (C=O) groups is 1. The van der Waals surface area contributed by atoms with E-state index in [-0.39, 0.29) is 5.91 Å². The number of ether oxygens (including phenoxy) is 1. The molecule has 6 heteroatoms. The summed E-state index contributed by atoms with van der Waals surface area (Å²) in [7, 11) is 0. The fourth-order valence-electron chi connectivity index (χ4n) is 3.27. The van der Waals surface area contributed by atoms with E-state index in [4.69, 9.17) is 16.3 Å². The van der Waals surface area contributed by atoms with Gasteiger partial charge in [-0.1, -0.05) is 71.5 Å². The maximum Gasteiger partial charge on any atom is 0.279 e. The van der Waals surface area contributed by atoms with Crippen LogP contribution in [0.2, 0.25) is 5.02 Å². The van der Waals surface area contributed by atoms with Crippen LogP contribution >= 0.6 is 22.9 Å². The van der Waals surface area contributed by atoms with E-state index in [1.54, 1.807) is 0 Å². The quantitative estimate of drug-likeness (QED) is 0.358. The normalized spacial score (nSPS) is 11.9. The van der Waals surface area contributed by atoms with Gasteiger partial charge in [-0.05, 0) is 42.3 Å². The van der Waals surface area contributed by atoms with Gasteiger partial charge in [-0.15, -0.1) is 0 Å². The molecule has 0 aliphatic carbocycles. The number of fused-ring (bicyclic) bond motifs is 1. The van der Waals surface area contributed by atoms with Crippen molar-refractivity contribution in [2.24, 2.45) is 4.99 Å². The molecule has 0 N–H and O–H groups in total. The average molecular weight is 437 g/mol. The summed E-state index contributed by atoms with van der Waals surface area (Å²) in [6.07, 6.45) is 0. The zero-order valence-corrected chi connectivity index (χ0v) is 18.1. The van der Waals surface area contributed by atoms with Gasteiger partial charge >= 0.3 is 0 Å². The SMILES string of the molecule is CCOCCn1c(=NC(=O)c2ccc(-c3ccccc3)cc2)sc2cccc(Cl)c21. The Morgan fingerprint density at radius 2 is 1.73 bits per heavy atom. The van der Waals surface area contributed by atoms with Crippen LogP contribution in [0, 0.1) is 0 Å². The molecule has 0 bridgehead atoms. The number of nitrogens with zero attached hydrogens (tertiary/aromatic N) is 2. The number of thiazole rings is 1. The highest BCUT2D eigenvalue weighted by atomic mass is 35.5. The highest BCUT2D eigenvalue weighted by Crippen LogP contribution is 2.25. The Morgan fingerprint density at radius 1 is 1.00 bits per heavy atom. The predicted molar refractivity (Wildman–Crippen MR) is 123 cm³/mol. The molecule has 1 aromatic heterocycles. The average Bonchev–Trinajstić information content (AvgIpc) is 3.13. The second kappa shape index (κ2) is 9.39. The third-order valence-corrected chi connectivity index (χ3v) is 6.10. The number of para-hydroxylation sites is 1. The van der Waals surface area contributed by atoms with E-state index in [0.717, 1.165) is 21.3 Å². The second-order valence-electron chi connectivity index (χ2n) is 6.68. The van der Waals surface area contributed by atoms with Crippen LogP contribution in [0.15, 0.2) is 77.8 Å². The van der Waals surface area contributed by atoms with Gasteiger partial charge in [-0.2, -0.15) is 4.99 Å². The number of benzene rings is 3. The minimum Gasteiger partial charge on any atom is -0.380 e. The summed E-state index contributed by atoms with van der Waals surface area (Å²) in [6.45, 7) is 3.70. The molecular formula is C24H21ClN2O2S. The summed E-state index contributed by atoms with van der Waals surface area (Å²) in [6, 6.07) is 23.3. The van der Waals surface area contributed by atoms with E-state index in [1.807, 2.05) is 84.3 Å². The minimum atomic E-state index is -0.276. The lowest BCUT2D eigenvalue weighted by Crippen LogP contribution is -2.20. The minimum absolute atomic E-state index is 0.276. The van der Waals surface area contributed by atoms with Crippen molar-refractivity contribution in [2.75, 3.05) is 13.2 Å².